The third-order valence-electron chi connectivity index (χ3n) is 6.57. The van der Waals surface area contributed by atoms with Crippen LogP contribution in [0.2, 0.25) is 0 Å². The van der Waals surface area contributed by atoms with Gasteiger partial charge in [-0.25, -0.2) is 8.42 Å². The number of carbonyl (C=O) groups excluding carboxylic acids is 2. The summed E-state index contributed by atoms with van der Waals surface area (Å²) in [4.78, 5) is 28.7. The molecule has 1 N–H and O–H groups in total. The molecule has 0 aliphatic rings. The molecule has 0 aliphatic carbocycles. The molecule has 0 saturated carbocycles. The summed E-state index contributed by atoms with van der Waals surface area (Å²) in [5, 5.41) is 2.93. The third kappa shape index (κ3) is 8.45. The van der Waals surface area contributed by atoms with Crippen molar-refractivity contribution in [3.8, 4) is 11.5 Å². The van der Waals surface area contributed by atoms with Gasteiger partial charge in [0.25, 0.3) is 10.0 Å². The van der Waals surface area contributed by atoms with Crippen LogP contribution in [0.3, 0.4) is 0 Å². The van der Waals surface area contributed by atoms with Gasteiger partial charge in [0.2, 0.25) is 11.8 Å². The fraction of sp³-hybridized carbons (Fsp3) is 0.235. The molecule has 9 heteroatoms. The number of sulfonamides is 1. The number of ether oxygens (including phenoxy) is 1. The number of anilines is 1. The number of amides is 2. The Morgan fingerprint density at radius 2 is 1.28 bits per heavy atom. The topological polar surface area (TPSA) is 96.0 Å². The predicted molar refractivity (Wildman–Crippen MR) is 168 cm³/mol. The Hall–Kier alpha value is -4.63. The molecular formula is C34H37N3O5S. The smallest absolute Gasteiger partial charge is 0.264 e. The van der Waals surface area contributed by atoms with Gasteiger partial charge in [-0.15, -0.1) is 0 Å². The zero-order valence-corrected chi connectivity index (χ0v) is 25.6. The normalized spacial score (nSPS) is 12.2. The van der Waals surface area contributed by atoms with E-state index in [0.29, 0.717) is 11.5 Å². The average molecular weight is 600 g/mol. The fourth-order valence-corrected chi connectivity index (χ4v) is 5.83. The van der Waals surface area contributed by atoms with Crippen LogP contribution in [-0.2, 0) is 26.2 Å². The maximum Gasteiger partial charge on any atom is 0.264 e. The van der Waals surface area contributed by atoms with Crippen LogP contribution in [0.1, 0.15) is 33.3 Å². The van der Waals surface area contributed by atoms with Gasteiger partial charge in [0.15, 0.2) is 0 Å². The van der Waals surface area contributed by atoms with E-state index in [1.165, 1.54) is 17.0 Å². The molecule has 224 valence electrons. The maximum absolute atomic E-state index is 14.0. The van der Waals surface area contributed by atoms with E-state index in [0.717, 1.165) is 9.87 Å². The molecule has 0 saturated heterocycles. The lowest BCUT2D eigenvalue weighted by atomic mass is 10.1. The SMILES string of the molecule is CC(C(=O)NC(C)(C)C)N(Cc1ccccc1)C(=O)CN(c1ccc(Oc2ccccc2)cc1)S(=O)(=O)c1ccccc1. The lowest BCUT2D eigenvalue weighted by Gasteiger charge is -2.33. The van der Waals surface area contributed by atoms with E-state index in [1.807, 2.05) is 81.4 Å². The monoisotopic (exact) mass is 599 g/mol. The molecule has 1 unspecified atom stereocenters. The summed E-state index contributed by atoms with van der Waals surface area (Å²) in [6.45, 7) is 6.84. The van der Waals surface area contributed by atoms with Crippen LogP contribution >= 0.6 is 0 Å². The van der Waals surface area contributed by atoms with Gasteiger partial charge in [0, 0.05) is 12.1 Å². The number of rotatable bonds is 11. The van der Waals surface area contributed by atoms with Gasteiger partial charge in [-0.1, -0.05) is 66.7 Å². The Bertz CT molecular complexity index is 1610. The highest BCUT2D eigenvalue weighted by Crippen LogP contribution is 2.28. The molecular weight excluding hydrogens is 562 g/mol. The Morgan fingerprint density at radius 3 is 1.84 bits per heavy atom. The van der Waals surface area contributed by atoms with Crippen LogP contribution in [0.25, 0.3) is 0 Å². The number of hydrogen-bond donors (Lipinski definition) is 1. The minimum absolute atomic E-state index is 0.0422. The number of hydrogen-bond acceptors (Lipinski definition) is 5. The summed E-state index contributed by atoms with van der Waals surface area (Å²) in [6, 6.07) is 32.1. The van der Waals surface area contributed by atoms with Crippen molar-refractivity contribution in [1.29, 1.82) is 0 Å². The van der Waals surface area contributed by atoms with Crippen LogP contribution in [0, 0.1) is 0 Å². The third-order valence-corrected chi connectivity index (χ3v) is 8.36. The molecule has 0 aromatic heterocycles. The van der Waals surface area contributed by atoms with Crippen molar-refractivity contribution in [3.63, 3.8) is 0 Å². The quantitative estimate of drug-likeness (QED) is 0.228. The van der Waals surface area contributed by atoms with Crippen molar-refractivity contribution in [2.45, 2.75) is 50.7 Å². The minimum atomic E-state index is -4.16. The first-order valence-electron chi connectivity index (χ1n) is 14.0. The highest BCUT2D eigenvalue weighted by Gasteiger charge is 2.33. The van der Waals surface area contributed by atoms with Crippen LogP contribution in [0.15, 0.2) is 120 Å². The number of nitrogens with one attached hydrogen (secondary N) is 1. The Morgan fingerprint density at radius 1 is 0.767 bits per heavy atom. The number of benzene rings is 4. The summed E-state index contributed by atoms with van der Waals surface area (Å²) in [6.07, 6.45) is 0. The number of carbonyl (C=O) groups is 2. The number of nitrogens with zero attached hydrogens (tertiary/aromatic N) is 2. The fourth-order valence-electron chi connectivity index (χ4n) is 4.39. The molecule has 0 spiro atoms. The number of para-hydroxylation sites is 1. The van der Waals surface area contributed by atoms with Crippen LogP contribution in [0.4, 0.5) is 5.69 Å². The zero-order valence-electron chi connectivity index (χ0n) is 24.8. The van der Waals surface area contributed by atoms with Crippen molar-refractivity contribution in [1.82, 2.24) is 10.2 Å². The Kier molecular flexibility index (Phi) is 9.88. The van der Waals surface area contributed by atoms with E-state index in [9.17, 15) is 18.0 Å². The maximum atomic E-state index is 14.0. The highest BCUT2D eigenvalue weighted by atomic mass is 32.2. The Balaban J connectivity index is 1.69. The van der Waals surface area contributed by atoms with Crippen LogP contribution < -0.4 is 14.4 Å². The largest absolute Gasteiger partial charge is 0.457 e. The second-order valence-corrected chi connectivity index (χ2v) is 13.0. The van der Waals surface area contributed by atoms with Crippen molar-refractivity contribution in [3.05, 3.63) is 121 Å². The van der Waals surface area contributed by atoms with E-state index >= 15 is 0 Å². The van der Waals surface area contributed by atoms with E-state index in [2.05, 4.69) is 5.32 Å². The van der Waals surface area contributed by atoms with Crippen molar-refractivity contribution < 1.29 is 22.7 Å². The molecule has 4 rings (SSSR count). The van der Waals surface area contributed by atoms with Crippen LogP contribution in [-0.4, -0.2) is 43.3 Å². The van der Waals surface area contributed by atoms with Gasteiger partial charge in [0.05, 0.1) is 10.6 Å². The molecule has 0 fully saturated rings. The first kappa shape index (κ1) is 31.3. The summed E-state index contributed by atoms with van der Waals surface area (Å²) in [5.74, 6) is 0.288. The average Bonchev–Trinajstić information content (AvgIpc) is 2.99. The molecule has 43 heavy (non-hydrogen) atoms. The summed E-state index contributed by atoms with van der Waals surface area (Å²) >= 11 is 0. The molecule has 0 heterocycles. The van der Waals surface area contributed by atoms with Crippen molar-refractivity contribution in [2.75, 3.05) is 10.8 Å². The van der Waals surface area contributed by atoms with Crippen LogP contribution in [0.5, 0.6) is 11.5 Å². The van der Waals surface area contributed by atoms with E-state index in [4.69, 9.17) is 4.74 Å². The lowest BCUT2D eigenvalue weighted by molar-refractivity contribution is -0.140. The summed E-state index contributed by atoms with van der Waals surface area (Å²) in [5.41, 5.74) is 0.578. The molecule has 0 bridgehead atoms. The molecule has 0 aliphatic heterocycles. The first-order chi connectivity index (χ1) is 20.4. The van der Waals surface area contributed by atoms with Gasteiger partial charge >= 0.3 is 0 Å². The van der Waals surface area contributed by atoms with Gasteiger partial charge in [0.1, 0.15) is 24.1 Å². The van der Waals surface area contributed by atoms with E-state index < -0.39 is 34.1 Å². The van der Waals surface area contributed by atoms with Crippen molar-refractivity contribution >= 4 is 27.5 Å². The highest BCUT2D eigenvalue weighted by molar-refractivity contribution is 7.92. The molecule has 4 aromatic rings. The zero-order chi connectivity index (χ0) is 31.0. The molecule has 4 aromatic carbocycles. The van der Waals surface area contributed by atoms with Crippen molar-refractivity contribution in [2.24, 2.45) is 0 Å². The predicted octanol–water partition coefficient (Wildman–Crippen LogP) is 6.01. The first-order valence-corrected chi connectivity index (χ1v) is 15.4. The van der Waals surface area contributed by atoms with E-state index in [-0.39, 0.29) is 23.0 Å². The van der Waals surface area contributed by atoms with Gasteiger partial charge in [-0.3, -0.25) is 13.9 Å². The molecule has 0 radical (unpaired) electrons. The van der Waals surface area contributed by atoms with Gasteiger partial charge in [-0.2, -0.15) is 0 Å². The van der Waals surface area contributed by atoms with E-state index in [1.54, 1.807) is 49.4 Å². The minimum Gasteiger partial charge on any atom is -0.457 e. The van der Waals surface area contributed by atoms with Gasteiger partial charge in [-0.05, 0) is 81.8 Å². The van der Waals surface area contributed by atoms with Gasteiger partial charge < -0.3 is 15.0 Å². The lowest BCUT2D eigenvalue weighted by Crippen LogP contribution is -2.54. The molecule has 8 nitrogen and oxygen atoms in total. The molecule has 2 amide bonds. The summed E-state index contributed by atoms with van der Waals surface area (Å²) < 4.78 is 34.9. The molecule has 1 atom stereocenters. The standard InChI is InChI=1S/C34H37N3O5S/c1-26(33(39)35-34(2,3)4)36(24-27-14-8-5-9-15-27)32(38)25-37(43(40,41)31-18-12-7-13-19-31)28-20-22-30(23-21-28)42-29-16-10-6-11-17-29/h5-23,26H,24-25H2,1-4H3,(H,35,39). The summed E-state index contributed by atoms with van der Waals surface area (Å²) in [7, 11) is -4.16. The Labute approximate surface area is 254 Å². The second kappa shape index (κ2) is 13.6. The second-order valence-electron chi connectivity index (χ2n) is 11.2.